The van der Waals surface area contributed by atoms with Gasteiger partial charge in [-0.1, -0.05) is 6.42 Å². The van der Waals surface area contributed by atoms with Crippen molar-refractivity contribution in [1.82, 2.24) is 4.81 Å². The van der Waals surface area contributed by atoms with E-state index in [-0.39, 0.29) is 6.04 Å². The average molecular weight is 155 g/mol. The molecule has 0 aromatic carbocycles. The number of aldehydes is 1. The molecule has 0 aliphatic carbocycles. The lowest BCUT2D eigenvalue weighted by molar-refractivity contribution is -0.112. The van der Waals surface area contributed by atoms with E-state index in [1.54, 1.807) is 6.82 Å². The summed E-state index contributed by atoms with van der Waals surface area (Å²) in [5.74, 6) is 0. The largest absolute Gasteiger partial charge is 0.437 e. The molecular formula is C7H14BNO2. The van der Waals surface area contributed by atoms with Gasteiger partial charge in [-0.3, -0.25) is 0 Å². The van der Waals surface area contributed by atoms with Crippen LogP contribution in [-0.2, 0) is 4.79 Å². The number of carbonyl (C=O) groups excluding carboxylic acids is 1. The molecule has 0 spiro atoms. The summed E-state index contributed by atoms with van der Waals surface area (Å²) >= 11 is 0. The average Bonchev–Trinajstić information content (AvgIpc) is 2.04. The second kappa shape index (κ2) is 3.88. The van der Waals surface area contributed by atoms with Crippen molar-refractivity contribution in [3.05, 3.63) is 0 Å². The zero-order chi connectivity index (χ0) is 8.27. The molecule has 0 radical (unpaired) electrons. The Hall–Kier alpha value is -0.345. The molecule has 3 nitrogen and oxygen atoms in total. The second-order valence-corrected chi connectivity index (χ2v) is 3.07. The lowest BCUT2D eigenvalue weighted by atomic mass is 9.80. The Morgan fingerprint density at radius 3 is 2.82 bits per heavy atom. The predicted molar refractivity (Wildman–Crippen MR) is 44.2 cm³/mol. The third-order valence-electron chi connectivity index (χ3n) is 2.23. The minimum absolute atomic E-state index is 0.0521. The lowest BCUT2D eigenvalue weighted by Crippen LogP contribution is -2.48. The van der Waals surface area contributed by atoms with Crippen molar-refractivity contribution in [3.8, 4) is 0 Å². The summed E-state index contributed by atoms with van der Waals surface area (Å²) in [7, 11) is -0.481. The van der Waals surface area contributed by atoms with E-state index in [2.05, 4.69) is 0 Å². The molecule has 0 aromatic heterocycles. The van der Waals surface area contributed by atoms with Crippen LogP contribution in [0.5, 0.6) is 0 Å². The SMILES string of the molecule is CB(O)N1CCCCC1C=O. The summed E-state index contributed by atoms with van der Waals surface area (Å²) in [6.45, 7) is 2.56. The molecule has 0 amide bonds. The van der Waals surface area contributed by atoms with Crippen LogP contribution in [0.1, 0.15) is 19.3 Å². The van der Waals surface area contributed by atoms with Crippen molar-refractivity contribution in [1.29, 1.82) is 0 Å². The van der Waals surface area contributed by atoms with Gasteiger partial charge in [-0.25, -0.2) is 0 Å². The zero-order valence-corrected chi connectivity index (χ0v) is 6.86. The third kappa shape index (κ3) is 2.04. The zero-order valence-electron chi connectivity index (χ0n) is 6.86. The van der Waals surface area contributed by atoms with Gasteiger partial charge in [0, 0.05) is 0 Å². The minimum atomic E-state index is -0.481. The van der Waals surface area contributed by atoms with Gasteiger partial charge in [0.25, 0.3) is 0 Å². The van der Waals surface area contributed by atoms with Crippen LogP contribution in [0.4, 0.5) is 0 Å². The van der Waals surface area contributed by atoms with E-state index in [4.69, 9.17) is 0 Å². The molecule has 11 heavy (non-hydrogen) atoms. The van der Waals surface area contributed by atoms with E-state index in [0.717, 1.165) is 32.1 Å². The smallest absolute Gasteiger partial charge is 0.376 e. The first-order valence-electron chi connectivity index (χ1n) is 4.15. The molecule has 0 bridgehead atoms. The Bertz CT molecular complexity index is 140. The molecule has 0 aromatic rings. The Balaban J connectivity index is 2.51. The highest BCUT2D eigenvalue weighted by molar-refractivity contribution is 6.45. The number of hydrogen-bond donors (Lipinski definition) is 1. The maximum atomic E-state index is 10.5. The summed E-state index contributed by atoms with van der Waals surface area (Å²) in [6, 6.07) is -0.0521. The van der Waals surface area contributed by atoms with E-state index >= 15 is 0 Å². The van der Waals surface area contributed by atoms with E-state index in [1.165, 1.54) is 0 Å². The number of hydrogen-bond acceptors (Lipinski definition) is 3. The highest BCUT2D eigenvalue weighted by Crippen LogP contribution is 2.15. The molecule has 1 aliphatic heterocycles. The van der Waals surface area contributed by atoms with E-state index in [0.29, 0.717) is 0 Å². The second-order valence-electron chi connectivity index (χ2n) is 3.07. The molecule has 1 aliphatic rings. The van der Waals surface area contributed by atoms with Crippen LogP contribution in [0.3, 0.4) is 0 Å². The fourth-order valence-corrected chi connectivity index (χ4v) is 1.59. The molecule has 62 valence electrons. The quantitative estimate of drug-likeness (QED) is 0.455. The third-order valence-corrected chi connectivity index (χ3v) is 2.23. The lowest BCUT2D eigenvalue weighted by Gasteiger charge is -2.32. The van der Waals surface area contributed by atoms with Gasteiger partial charge < -0.3 is 14.6 Å². The molecule has 0 saturated carbocycles. The summed E-state index contributed by atoms with van der Waals surface area (Å²) < 4.78 is 0. The van der Waals surface area contributed by atoms with Gasteiger partial charge in [0.1, 0.15) is 6.29 Å². The maximum absolute atomic E-state index is 10.5. The van der Waals surface area contributed by atoms with Crippen LogP contribution < -0.4 is 0 Å². The van der Waals surface area contributed by atoms with Crippen LogP contribution in [0, 0.1) is 0 Å². The van der Waals surface area contributed by atoms with E-state index in [1.807, 2.05) is 4.81 Å². The molecule has 1 rings (SSSR count). The van der Waals surface area contributed by atoms with Crippen molar-refractivity contribution in [2.45, 2.75) is 32.1 Å². The molecule has 1 heterocycles. The van der Waals surface area contributed by atoms with Crippen LogP contribution in [-0.4, -0.2) is 35.8 Å². The fourth-order valence-electron chi connectivity index (χ4n) is 1.59. The van der Waals surface area contributed by atoms with Crippen LogP contribution in [0.15, 0.2) is 0 Å². The van der Waals surface area contributed by atoms with Crippen molar-refractivity contribution in [2.24, 2.45) is 0 Å². The summed E-state index contributed by atoms with van der Waals surface area (Å²) in [5.41, 5.74) is 0. The first-order valence-corrected chi connectivity index (χ1v) is 4.15. The first kappa shape index (κ1) is 8.75. The fraction of sp³-hybridized carbons (Fsp3) is 0.857. The van der Waals surface area contributed by atoms with Crippen LogP contribution >= 0.6 is 0 Å². The van der Waals surface area contributed by atoms with Gasteiger partial charge in [0.2, 0.25) is 0 Å². The van der Waals surface area contributed by atoms with E-state index in [9.17, 15) is 9.82 Å². The molecular weight excluding hydrogens is 141 g/mol. The number of rotatable bonds is 2. The van der Waals surface area contributed by atoms with Crippen molar-refractivity contribution >= 4 is 13.3 Å². The molecule has 1 atom stereocenters. The van der Waals surface area contributed by atoms with Crippen LogP contribution in [0.25, 0.3) is 0 Å². The molecule has 4 heteroatoms. The molecule has 1 unspecified atom stereocenters. The Labute approximate surface area is 67.5 Å². The number of nitrogens with zero attached hydrogens (tertiary/aromatic N) is 1. The van der Waals surface area contributed by atoms with Gasteiger partial charge in [-0.2, -0.15) is 0 Å². The van der Waals surface area contributed by atoms with Crippen molar-refractivity contribution in [2.75, 3.05) is 6.54 Å². The van der Waals surface area contributed by atoms with E-state index < -0.39 is 7.05 Å². The highest BCUT2D eigenvalue weighted by Gasteiger charge is 2.26. The summed E-state index contributed by atoms with van der Waals surface area (Å²) in [6.07, 6.45) is 4.03. The Kier molecular flexibility index (Phi) is 3.08. The predicted octanol–water partition coefficient (Wildman–Crippen LogP) is 0.150. The monoisotopic (exact) mass is 155 g/mol. The Morgan fingerprint density at radius 1 is 1.64 bits per heavy atom. The minimum Gasteiger partial charge on any atom is -0.437 e. The summed E-state index contributed by atoms with van der Waals surface area (Å²) in [4.78, 5) is 12.4. The standard InChI is InChI=1S/C7H14BNO2/c1-8(11)9-5-3-2-4-7(9)6-10/h6-7,11H,2-5H2,1H3. The van der Waals surface area contributed by atoms with Gasteiger partial charge in [0.05, 0.1) is 6.04 Å². The normalized spacial score (nSPS) is 26.5. The van der Waals surface area contributed by atoms with Gasteiger partial charge in [-0.15, -0.1) is 0 Å². The van der Waals surface area contributed by atoms with Gasteiger partial charge >= 0.3 is 7.05 Å². The molecule has 1 fully saturated rings. The molecule has 1 saturated heterocycles. The van der Waals surface area contributed by atoms with Gasteiger partial charge in [0.15, 0.2) is 0 Å². The maximum Gasteiger partial charge on any atom is 0.376 e. The number of carbonyl (C=O) groups is 1. The van der Waals surface area contributed by atoms with Crippen molar-refractivity contribution < 1.29 is 9.82 Å². The Morgan fingerprint density at radius 2 is 2.36 bits per heavy atom. The van der Waals surface area contributed by atoms with Gasteiger partial charge in [-0.05, 0) is 26.2 Å². The number of piperidine rings is 1. The van der Waals surface area contributed by atoms with Crippen LogP contribution in [0.2, 0.25) is 6.82 Å². The highest BCUT2D eigenvalue weighted by atomic mass is 16.2. The topological polar surface area (TPSA) is 40.5 Å². The first-order chi connectivity index (χ1) is 5.25. The summed E-state index contributed by atoms with van der Waals surface area (Å²) in [5, 5.41) is 9.25. The molecule has 1 N–H and O–H groups in total. The van der Waals surface area contributed by atoms with Crippen molar-refractivity contribution in [3.63, 3.8) is 0 Å².